The summed E-state index contributed by atoms with van der Waals surface area (Å²) in [6.07, 6.45) is 4.43. The lowest BCUT2D eigenvalue weighted by molar-refractivity contribution is -0.392. The van der Waals surface area contributed by atoms with Gasteiger partial charge < -0.3 is 14.9 Å². The summed E-state index contributed by atoms with van der Waals surface area (Å²) in [5.74, 6) is 0.656. The van der Waals surface area contributed by atoms with Crippen LogP contribution in [0.2, 0.25) is 0 Å². The largest absolute Gasteiger partial charge is 0.496 e. The van der Waals surface area contributed by atoms with Gasteiger partial charge in [-0.1, -0.05) is 35.9 Å². The molecule has 162 valence electrons. The molecule has 0 spiro atoms. The molecule has 0 aliphatic rings. The second kappa shape index (κ2) is 9.54. The Hall–Kier alpha value is -3.50. The molecular formula is C21H21N3O6S. The molecule has 3 aromatic rings. The van der Waals surface area contributed by atoms with E-state index in [4.69, 9.17) is 8.92 Å². The number of para-hydroxylation sites is 1. The average molecular weight is 443 g/mol. The highest BCUT2D eigenvalue weighted by Crippen LogP contribution is 2.22. The lowest BCUT2D eigenvalue weighted by Crippen LogP contribution is -2.14. The minimum absolute atomic E-state index is 0.0227. The molecule has 0 amide bonds. The standard InChI is InChI=1S/C21H21N3O6S/c1-16-7-10-18(11-8-16)31(27,28)30-14-13-23-20(22-15-21(23)24(25)26)12-9-17-5-3-4-6-19(17)29-2/h3-12,15H,13-14H2,1-2H3. The molecule has 31 heavy (non-hydrogen) atoms. The van der Waals surface area contributed by atoms with E-state index in [-0.39, 0.29) is 29.7 Å². The van der Waals surface area contributed by atoms with Crippen LogP contribution in [-0.2, 0) is 20.8 Å². The van der Waals surface area contributed by atoms with Crippen LogP contribution in [0.1, 0.15) is 17.0 Å². The number of hydrogen-bond acceptors (Lipinski definition) is 7. The minimum Gasteiger partial charge on any atom is -0.496 e. The van der Waals surface area contributed by atoms with Gasteiger partial charge in [0.05, 0.1) is 12.0 Å². The van der Waals surface area contributed by atoms with Crippen LogP contribution < -0.4 is 4.74 Å². The van der Waals surface area contributed by atoms with Crippen LogP contribution in [0, 0.1) is 17.0 Å². The minimum atomic E-state index is -3.98. The highest BCUT2D eigenvalue weighted by atomic mass is 32.2. The normalized spacial score (nSPS) is 11.7. The van der Waals surface area contributed by atoms with E-state index in [9.17, 15) is 18.5 Å². The Balaban J connectivity index is 1.79. The van der Waals surface area contributed by atoms with Gasteiger partial charge >= 0.3 is 5.82 Å². The number of aryl methyl sites for hydroxylation is 1. The van der Waals surface area contributed by atoms with Crippen LogP contribution in [0.15, 0.2) is 59.6 Å². The predicted octanol–water partition coefficient (Wildman–Crippen LogP) is 3.68. The fourth-order valence-corrected chi connectivity index (χ4v) is 3.77. The van der Waals surface area contributed by atoms with Crippen LogP contribution >= 0.6 is 0 Å². The Kier molecular flexibility index (Phi) is 6.83. The third-order valence-electron chi connectivity index (χ3n) is 4.47. The number of methoxy groups -OCH3 is 1. The highest BCUT2D eigenvalue weighted by molar-refractivity contribution is 7.86. The van der Waals surface area contributed by atoms with Gasteiger partial charge in [-0.25, -0.2) is 9.55 Å². The Bertz CT molecular complexity index is 1200. The van der Waals surface area contributed by atoms with Crippen LogP contribution in [0.3, 0.4) is 0 Å². The number of hydrogen-bond donors (Lipinski definition) is 0. The van der Waals surface area contributed by atoms with Crippen molar-refractivity contribution in [1.82, 2.24) is 9.55 Å². The zero-order valence-corrected chi connectivity index (χ0v) is 17.8. The number of ether oxygens (including phenoxy) is 1. The molecule has 0 aliphatic carbocycles. The van der Waals surface area contributed by atoms with E-state index in [0.29, 0.717) is 5.75 Å². The maximum absolute atomic E-state index is 12.3. The van der Waals surface area contributed by atoms with Crippen molar-refractivity contribution in [2.75, 3.05) is 13.7 Å². The first-order chi connectivity index (χ1) is 14.8. The molecule has 10 heteroatoms. The highest BCUT2D eigenvalue weighted by Gasteiger charge is 2.21. The van der Waals surface area contributed by atoms with E-state index >= 15 is 0 Å². The molecule has 0 bridgehead atoms. The molecule has 0 fully saturated rings. The molecule has 2 aromatic carbocycles. The molecule has 0 N–H and O–H groups in total. The molecule has 1 heterocycles. The first kappa shape index (κ1) is 22.2. The number of nitro groups is 1. The van der Waals surface area contributed by atoms with Gasteiger partial charge in [0.25, 0.3) is 10.1 Å². The summed E-state index contributed by atoms with van der Waals surface area (Å²) < 4.78 is 36.3. The molecule has 0 aliphatic heterocycles. The molecule has 9 nitrogen and oxygen atoms in total. The average Bonchev–Trinajstić information content (AvgIpc) is 3.15. The maximum atomic E-state index is 12.3. The van der Waals surface area contributed by atoms with Crippen molar-refractivity contribution in [2.45, 2.75) is 18.4 Å². The van der Waals surface area contributed by atoms with Gasteiger partial charge in [0.15, 0.2) is 0 Å². The monoisotopic (exact) mass is 443 g/mol. The van der Waals surface area contributed by atoms with Gasteiger partial charge in [-0.05, 0) is 36.1 Å². The zero-order chi connectivity index (χ0) is 22.4. The first-order valence-electron chi connectivity index (χ1n) is 9.29. The summed E-state index contributed by atoms with van der Waals surface area (Å²) in [6, 6.07) is 13.5. The molecule has 0 saturated heterocycles. The zero-order valence-electron chi connectivity index (χ0n) is 17.0. The molecule has 1 aromatic heterocycles. The Labute approximate surface area is 179 Å². The van der Waals surface area contributed by atoms with Gasteiger partial charge in [-0.2, -0.15) is 8.42 Å². The van der Waals surface area contributed by atoms with Crippen LogP contribution in [0.5, 0.6) is 5.75 Å². The van der Waals surface area contributed by atoms with E-state index in [0.717, 1.165) is 17.3 Å². The van der Waals surface area contributed by atoms with E-state index < -0.39 is 15.0 Å². The molecule has 0 saturated carbocycles. The number of benzene rings is 2. The lowest BCUT2D eigenvalue weighted by atomic mass is 10.2. The van der Waals surface area contributed by atoms with Crippen molar-refractivity contribution in [1.29, 1.82) is 0 Å². The van der Waals surface area contributed by atoms with E-state index in [1.54, 1.807) is 37.5 Å². The number of nitrogens with zero attached hydrogens (tertiary/aromatic N) is 3. The van der Waals surface area contributed by atoms with Crippen molar-refractivity contribution in [3.8, 4) is 5.75 Å². The lowest BCUT2D eigenvalue weighted by Gasteiger charge is -2.07. The first-order valence-corrected chi connectivity index (χ1v) is 10.7. The van der Waals surface area contributed by atoms with Crippen molar-refractivity contribution < 1.29 is 22.3 Å². The molecule has 3 rings (SSSR count). The van der Waals surface area contributed by atoms with Crippen molar-refractivity contribution in [3.63, 3.8) is 0 Å². The molecule has 0 radical (unpaired) electrons. The number of rotatable bonds is 9. The van der Waals surface area contributed by atoms with Crippen LogP contribution in [0.25, 0.3) is 12.2 Å². The third kappa shape index (κ3) is 5.36. The number of imidazole rings is 1. The molecule has 0 unspecified atom stereocenters. The van der Waals surface area contributed by atoms with Gasteiger partial charge in [0.1, 0.15) is 25.1 Å². The SMILES string of the molecule is COc1ccccc1C=Cc1ncc([N+](=O)[O-])n1CCOS(=O)(=O)c1ccc(C)cc1. The quantitative estimate of drug-likeness (QED) is 0.281. The summed E-state index contributed by atoms with van der Waals surface area (Å²) >= 11 is 0. The summed E-state index contributed by atoms with van der Waals surface area (Å²) in [5, 5.41) is 11.4. The Morgan fingerprint density at radius 1 is 1.13 bits per heavy atom. The third-order valence-corrected chi connectivity index (χ3v) is 5.79. The Morgan fingerprint density at radius 2 is 1.84 bits per heavy atom. The fraction of sp³-hybridized carbons (Fsp3) is 0.190. The topological polar surface area (TPSA) is 114 Å². The maximum Gasteiger partial charge on any atom is 0.343 e. The van der Waals surface area contributed by atoms with Gasteiger partial charge in [-0.15, -0.1) is 0 Å². The van der Waals surface area contributed by atoms with Crippen LogP contribution in [0.4, 0.5) is 5.82 Å². The van der Waals surface area contributed by atoms with E-state index in [1.165, 1.54) is 16.7 Å². The Morgan fingerprint density at radius 3 is 2.52 bits per heavy atom. The summed E-state index contributed by atoms with van der Waals surface area (Å²) in [7, 11) is -2.43. The van der Waals surface area contributed by atoms with Crippen molar-refractivity contribution in [3.05, 3.63) is 81.8 Å². The number of aromatic nitrogens is 2. The summed E-state index contributed by atoms with van der Waals surface area (Å²) in [4.78, 5) is 14.9. The molecular weight excluding hydrogens is 422 g/mol. The van der Waals surface area contributed by atoms with Crippen LogP contribution in [-0.4, -0.2) is 36.6 Å². The summed E-state index contributed by atoms with van der Waals surface area (Å²) in [6.45, 7) is 1.48. The van der Waals surface area contributed by atoms with Crippen molar-refractivity contribution in [2.24, 2.45) is 0 Å². The second-order valence-corrected chi connectivity index (χ2v) is 8.16. The van der Waals surface area contributed by atoms with Crippen molar-refractivity contribution >= 4 is 28.1 Å². The van der Waals surface area contributed by atoms with Gasteiger partial charge in [-0.3, -0.25) is 4.18 Å². The predicted molar refractivity (Wildman–Crippen MR) is 115 cm³/mol. The molecule has 0 atom stereocenters. The van der Waals surface area contributed by atoms with E-state index in [1.807, 2.05) is 25.1 Å². The van der Waals surface area contributed by atoms with Gasteiger partial charge in [0.2, 0.25) is 5.82 Å². The second-order valence-electron chi connectivity index (χ2n) is 6.55. The van der Waals surface area contributed by atoms with E-state index in [2.05, 4.69) is 4.98 Å². The smallest absolute Gasteiger partial charge is 0.343 e. The summed E-state index contributed by atoms with van der Waals surface area (Å²) in [5.41, 5.74) is 1.68. The van der Waals surface area contributed by atoms with Gasteiger partial charge in [0, 0.05) is 11.6 Å². The fourth-order valence-electron chi connectivity index (χ4n) is 2.87.